The van der Waals surface area contributed by atoms with Gasteiger partial charge in [-0.25, -0.2) is 4.39 Å². The summed E-state index contributed by atoms with van der Waals surface area (Å²) in [5.41, 5.74) is 7.44. The molecule has 0 aliphatic carbocycles. The largest absolute Gasteiger partial charge is 0.397 e. The summed E-state index contributed by atoms with van der Waals surface area (Å²) >= 11 is 0. The van der Waals surface area contributed by atoms with E-state index in [1.165, 1.54) is 18.2 Å². The fraction of sp³-hybridized carbons (Fsp3) is 0. The van der Waals surface area contributed by atoms with Gasteiger partial charge in [-0.05, 0) is 30.3 Å². The smallest absolute Gasteiger partial charge is 0.255 e. The van der Waals surface area contributed by atoms with E-state index in [-0.39, 0.29) is 11.6 Å². The number of H-pyrrole nitrogens is 1. The summed E-state index contributed by atoms with van der Waals surface area (Å²) in [6, 6.07) is 8.95. The van der Waals surface area contributed by atoms with Crippen LogP contribution in [0.25, 0.3) is 10.9 Å². The van der Waals surface area contributed by atoms with Crippen LogP contribution in [0.4, 0.5) is 15.8 Å². The van der Waals surface area contributed by atoms with Gasteiger partial charge in [-0.2, -0.15) is 5.10 Å². The van der Waals surface area contributed by atoms with Crippen molar-refractivity contribution in [3.63, 3.8) is 0 Å². The maximum atomic E-state index is 13.1. The van der Waals surface area contributed by atoms with Gasteiger partial charge in [0.05, 0.1) is 23.1 Å². The third-order valence-electron chi connectivity index (χ3n) is 2.97. The van der Waals surface area contributed by atoms with Crippen molar-refractivity contribution < 1.29 is 9.18 Å². The Labute approximate surface area is 113 Å². The average molecular weight is 270 g/mol. The predicted molar refractivity (Wildman–Crippen MR) is 74.9 cm³/mol. The van der Waals surface area contributed by atoms with Crippen molar-refractivity contribution in [3.05, 3.63) is 54.0 Å². The van der Waals surface area contributed by atoms with Gasteiger partial charge in [0.15, 0.2) is 0 Å². The van der Waals surface area contributed by atoms with Crippen LogP contribution in [-0.4, -0.2) is 16.1 Å². The Kier molecular flexibility index (Phi) is 2.83. The van der Waals surface area contributed by atoms with Gasteiger partial charge < -0.3 is 11.1 Å². The van der Waals surface area contributed by atoms with Crippen LogP contribution in [-0.2, 0) is 0 Å². The number of carbonyl (C=O) groups excluding carboxylic acids is 1. The molecule has 0 radical (unpaired) electrons. The zero-order valence-corrected chi connectivity index (χ0v) is 10.4. The number of carbonyl (C=O) groups is 1. The van der Waals surface area contributed by atoms with Crippen molar-refractivity contribution in [1.82, 2.24) is 10.2 Å². The second-order valence-corrected chi connectivity index (χ2v) is 4.36. The first-order chi connectivity index (χ1) is 9.63. The molecule has 20 heavy (non-hydrogen) atoms. The summed E-state index contributed by atoms with van der Waals surface area (Å²) in [5.74, 6) is -0.822. The molecule has 100 valence electrons. The minimum atomic E-state index is -0.460. The van der Waals surface area contributed by atoms with Gasteiger partial charge in [-0.3, -0.25) is 9.89 Å². The number of hydrogen-bond donors (Lipinski definition) is 3. The quantitative estimate of drug-likeness (QED) is 0.626. The van der Waals surface area contributed by atoms with E-state index in [0.29, 0.717) is 11.3 Å². The summed E-state index contributed by atoms with van der Waals surface area (Å²) in [5, 5.41) is 10.2. The number of nitrogen functional groups attached to an aromatic ring is 1. The normalized spacial score (nSPS) is 10.7. The van der Waals surface area contributed by atoms with Crippen LogP contribution >= 0.6 is 0 Å². The maximum Gasteiger partial charge on any atom is 0.255 e. The average Bonchev–Trinajstić information content (AvgIpc) is 2.90. The molecule has 0 unspecified atom stereocenters. The van der Waals surface area contributed by atoms with Crippen LogP contribution in [0.1, 0.15) is 10.4 Å². The molecule has 0 aliphatic rings. The zero-order chi connectivity index (χ0) is 14.1. The Hall–Kier alpha value is -2.89. The van der Waals surface area contributed by atoms with Gasteiger partial charge >= 0.3 is 0 Å². The number of aromatic amines is 1. The standard InChI is InChI=1S/C14H11FN4O/c15-10-3-4-11(16)13(6-10)18-14(20)8-1-2-9-7-17-19-12(9)5-8/h1-7H,16H2,(H,17,19)(H,18,20). The Morgan fingerprint density at radius 2 is 2.10 bits per heavy atom. The molecule has 0 spiro atoms. The molecule has 0 fully saturated rings. The first-order valence-corrected chi connectivity index (χ1v) is 5.93. The van der Waals surface area contributed by atoms with Crippen LogP contribution in [0.5, 0.6) is 0 Å². The number of nitrogens with two attached hydrogens (primary N) is 1. The van der Waals surface area contributed by atoms with Crippen LogP contribution in [0.15, 0.2) is 42.6 Å². The number of amides is 1. The number of nitrogens with one attached hydrogen (secondary N) is 2. The van der Waals surface area contributed by atoms with Crippen molar-refractivity contribution in [2.75, 3.05) is 11.1 Å². The summed E-state index contributed by atoms with van der Waals surface area (Å²) in [6.07, 6.45) is 1.67. The molecule has 3 aromatic rings. The summed E-state index contributed by atoms with van der Waals surface area (Å²) in [6.45, 7) is 0. The highest BCUT2D eigenvalue weighted by Crippen LogP contribution is 2.21. The third-order valence-corrected chi connectivity index (χ3v) is 2.97. The first kappa shape index (κ1) is 12.2. The highest BCUT2D eigenvalue weighted by atomic mass is 19.1. The van der Waals surface area contributed by atoms with Crippen molar-refractivity contribution in [2.24, 2.45) is 0 Å². The zero-order valence-electron chi connectivity index (χ0n) is 10.4. The Morgan fingerprint density at radius 3 is 2.95 bits per heavy atom. The number of anilines is 2. The number of nitrogens with zero attached hydrogens (tertiary/aromatic N) is 1. The Morgan fingerprint density at radius 1 is 1.25 bits per heavy atom. The van der Waals surface area contributed by atoms with Crippen LogP contribution in [0.2, 0.25) is 0 Å². The Bertz CT molecular complexity index is 797. The fourth-order valence-electron chi connectivity index (χ4n) is 1.91. The van der Waals surface area contributed by atoms with Crippen molar-refractivity contribution in [3.8, 4) is 0 Å². The number of aromatic nitrogens is 2. The van der Waals surface area contributed by atoms with Crippen LogP contribution < -0.4 is 11.1 Å². The van der Waals surface area contributed by atoms with Gasteiger partial charge in [0.1, 0.15) is 5.82 Å². The lowest BCUT2D eigenvalue weighted by atomic mass is 10.1. The lowest BCUT2D eigenvalue weighted by Gasteiger charge is -2.08. The molecule has 1 aromatic heterocycles. The number of benzene rings is 2. The highest BCUT2D eigenvalue weighted by Gasteiger charge is 2.10. The van der Waals surface area contributed by atoms with Crippen molar-refractivity contribution in [2.45, 2.75) is 0 Å². The molecule has 0 bridgehead atoms. The van der Waals surface area contributed by atoms with Gasteiger partial charge in [0, 0.05) is 10.9 Å². The molecule has 0 saturated carbocycles. The monoisotopic (exact) mass is 270 g/mol. The lowest BCUT2D eigenvalue weighted by Crippen LogP contribution is -2.13. The fourth-order valence-corrected chi connectivity index (χ4v) is 1.91. The van der Waals surface area contributed by atoms with Gasteiger partial charge in [-0.1, -0.05) is 6.07 Å². The van der Waals surface area contributed by atoms with Gasteiger partial charge in [-0.15, -0.1) is 0 Å². The second kappa shape index (κ2) is 4.65. The minimum Gasteiger partial charge on any atom is -0.397 e. The maximum absolute atomic E-state index is 13.1. The van der Waals surface area contributed by atoms with Crippen LogP contribution in [0, 0.1) is 5.82 Å². The minimum absolute atomic E-state index is 0.250. The highest BCUT2D eigenvalue weighted by molar-refractivity contribution is 6.07. The predicted octanol–water partition coefficient (Wildman–Crippen LogP) is 2.54. The molecular weight excluding hydrogens is 259 g/mol. The third kappa shape index (κ3) is 2.18. The van der Waals surface area contributed by atoms with E-state index in [4.69, 9.17) is 5.73 Å². The van der Waals surface area contributed by atoms with E-state index in [9.17, 15) is 9.18 Å². The number of rotatable bonds is 2. The summed E-state index contributed by atoms with van der Waals surface area (Å²) in [7, 11) is 0. The molecule has 0 saturated heterocycles. The van der Waals surface area contributed by atoms with Crippen LogP contribution in [0.3, 0.4) is 0 Å². The molecule has 5 nitrogen and oxygen atoms in total. The van der Waals surface area contributed by atoms with E-state index >= 15 is 0 Å². The van der Waals surface area contributed by atoms with E-state index in [2.05, 4.69) is 15.5 Å². The van der Waals surface area contributed by atoms with E-state index in [0.717, 1.165) is 10.9 Å². The van der Waals surface area contributed by atoms with Crippen molar-refractivity contribution >= 4 is 28.2 Å². The lowest BCUT2D eigenvalue weighted by molar-refractivity contribution is 0.102. The molecule has 1 heterocycles. The number of fused-ring (bicyclic) bond motifs is 1. The first-order valence-electron chi connectivity index (χ1n) is 5.93. The Balaban J connectivity index is 1.90. The molecule has 1 amide bonds. The molecule has 6 heteroatoms. The van der Waals surface area contributed by atoms with E-state index < -0.39 is 5.82 Å². The summed E-state index contributed by atoms with van der Waals surface area (Å²) in [4.78, 5) is 12.1. The molecular formula is C14H11FN4O. The SMILES string of the molecule is Nc1ccc(F)cc1NC(=O)c1ccc2cn[nH]c2c1. The topological polar surface area (TPSA) is 83.8 Å². The number of halogens is 1. The second-order valence-electron chi connectivity index (χ2n) is 4.36. The molecule has 0 atom stereocenters. The van der Waals surface area contributed by atoms with Crippen molar-refractivity contribution in [1.29, 1.82) is 0 Å². The molecule has 2 aromatic carbocycles. The van der Waals surface area contributed by atoms with Gasteiger partial charge in [0.25, 0.3) is 5.91 Å². The summed E-state index contributed by atoms with van der Waals surface area (Å²) < 4.78 is 13.1. The molecule has 3 rings (SSSR count). The van der Waals surface area contributed by atoms with E-state index in [1.54, 1.807) is 24.4 Å². The molecule has 4 N–H and O–H groups in total. The molecule has 0 aliphatic heterocycles. The number of hydrogen-bond acceptors (Lipinski definition) is 3. The van der Waals surface area contributed by atoms with Gasteiger partial charge in [0.2, 0.25) is 0 Å². The van der Waals surface area contributed by atoms with E-state index in [1.807, 2.05) is 0 Å².